The molecule has 0 heterocycles. The van der Waals surface area contributed by atoms with Crippen LogP contribution in [0.2, 0.25) is 5.02 Å². The lowest BCUT2D eigenvalue weighted by molar-refractivity contribution is -0.145. The minimum atomic E-state index is -0.506. The first-order valence-corrected chi connectivity index (χ1v) is 6.06. The molecule has 0 radical (unpaired) electrons. The van der Waals surface area contributed by atoms with E-state index in [-0.39, 0.29) is 5.97 Å². The molecule has 1 unspecified atom stereocenters. The molecule has 0 saturated carbocycles. The van der Waals surface area contributed by atoms with Crippen LogP contribution in [0.5, 0.6) is 0 Å². The molecule has 16 heavy (non-hydrogen) atoms. The van der Waals surface area contributed by atoms with Crippen LogP contribution < -0.4 is 5.32 Å². The minimum Gasteiger partial charge on any atom is -0.465 e. The summed E-state index contributed by atoms with van der Waals surface area (Å²) < 4.78 is 5.80. The number of halogens is 2. The highest BCUT2D eigenvalue weighted by molar-refractivity contribution is 9.10. The first-order valence-electron chi connectivity index (χ1n) is 4.89. The quantitative estimate of drug-likeness (QED) is 0.869. The second-order valence-corrected chi connectivity index (χ2v) is 4.43. The third-order valence-corrected chi connectivity index (χ3v) is 3.04. The van der Waals surface area contributed by atoms with Gasteiger partial charge in [0.25, 0.3) is 0 Å². The average molecular weight is 307 g/mol. The Bertz CT molecular complexity index is 384. The van der Waals surface area contributed by atoms with Crippen LogP contribution in [0.25, 0.3) is 0 Å². The van der Waals surface area contributed by atoms with Crippen molar-refractivity contribution in [3.05, 3.63) is 33.3 Å². The molecule has 0 saturated heterocycles. The lowest BCUT2D eigenvalue weighted by atomic mass is 10.1. The maximum absolute atomic E-state index is 11.7. The normalized spacial score (nSPS) is 12.2. The summed E-state index contributed by atoms with van der Waals surface area (Å²) in [6, 6.07) is 4.80. The largest absolute Gasteiger partial charge is 0.465 e. The van der Waals surface area contributed by atoms with Gasteiger partial charge in [0.1, 0.15) is 6.04 Å². The molecule has 0 aliphatic heterocycles. The van der Waals surface area contributed by atoms with Gasteiger partial charge in [0, 0.05) is 9.50 Å². The summed E-state index contributed by atoms with van der Waals surface area (Å²) in [6.45, 7) is 2.13. The monoisotopic (exact) mass is 305 g/mol. The van der Waals surface area contributed by atoms with E-state index in [1.807, 2.05) is 0 Å². The van der Waals surface area contributed by atoms with Gasteiger partial charge < -0.3 is 10.1 Å². The Kier molecular flexibility index (Phi) is 5.25. The highest BCUT2D eigenvalue weighted by Crippen LogP contribution is 2.27. The summed E-state index contributed by atoms with van der Waals surface area (Å²) in [5.41, 5.74) is 0.772. The highest BCUT2D eigenvalue weighted by atomic mass is 79.9. The van der Waals surface area contributed by atoms with Crippen molar-refractivity contribution < 1.29 is 9.53 Å². The first-order chi connectivity index (χ1) is 7.60. The maximum Gasteiger partial charge on any atom is 0.327 e. The van der Waals surface area contributed by atoms with E-state index in [1.165, 1.54) is 0 Å². The average Bonchev–Trinajstić information content (AvgIpc) is 2.24. The Hall–Kier alpha value is -0.580. The van der Waals surface area contributed by atoms with Gasteiger partial charge >= 0.3 is 5.97 Å². The Morgan fingerprint density at radius 3 is 2.88 bits per heavy atom. The fourth-order valence-electron chi connectivity index (χ4n) is 1.36. The fourth-order valence-corrected chi connectivity index (χ4v) is 2.02. The van der Waals surface area contributed by atoms with Crippen LogP contribution in [-0.4, -0.2) is 19.6 Å². The summed E-state index contributed by atoms with van der Waals surface area (Å²) in [7, 11) is 1.70. The zero-order valence-corrected chi connectivity index (χ0v) is 11.4. The zero-order valence-electron chi connectivity index (χ0n) is 9.09. The van der Waals surface area contributed by atoms with Gasteiger partial charge in [0.05, 0.1) is 6.61 Å². The van der Waals surface area contributed by atoms with Crippen molar-refractivity contribution in [1.82, 2.24) is 5.32 Å². The molecule has 0 bridgehead atoms. The Labute approximate surface area is 108 Å². The van der Waals surface area contributed by atoms with Crippen LogP contribution in [0.15, 0.2) is 22.7 Å². The molecule has 1 aromatic carbocycles. The van der Waals surface area contributed by atoms with E-state index in [2.05, 4.69) is 21.2 Å². The number of likely N-dealkylation sites (N-methyl/N-ethyl adjacent to an activating group) is 1. The van der Waals surface area contributed by atoms with Crippen LogP contribution in [-0.2, 0) is 9.53 Å². The van der Waals surface area contributed by atoms with E-state index in [9.17, 15) is 4.79 Å². The molecule has 1 aromatic rings. The van der Waals surface area contributed by atoms with Crippen LogP contribution in [0, 0.1) is 0 Å². The van der Waals surface area contributed by atoms with Gasteiger partial charge in [-0.2, -0.15) is 0 Å². The van der Waals surface area contributed by atoms with Crippen LogP contribution in [0.1, 0.15) is 18.5 Å². The predicted octanol–water partition coefficient (Wildman–Crippen LogP) is 2.93. The van der Waals surface area contributed by atoms with Gasteiger partial charge in [0.2, 0.25) is 0 Å². The third kappa shape index (κ3) is 3.20. The topological polar surface area (TPSA) is 38.3 Å². The standard InChI is InChI=1S/C11H13BrClNO2/c1-3-16-11(15)10(14-2)8-6-7(13)4-5-9(8)12/h4-6,10,14H,3H2,1-2H3. The molecule has 0 fully saturated rings. The predicted molar refractivity (Wildman–Crippen MR) is 67.6 cm³/mol. The van der Waals surface area contributed by atoms with E-state index in [0.717, 1.165) is 10.0 Å². The lowest BCUT2D eigenvalue weighted by Gasteiger charge is -2.16. The van der Waals surface area contributed by atoms with Gasteiger partial charge in [-0.1, -0.05) is 27.5 Å². The summed E-state index contributed by atoms with van der Waals surface area (Å²) in [6.07, 6.45) is 0. The smallest absolute Gasteiger partial charge is 0.327 e. The molecule has 3 nitrogen and oxygen atoms in total. The number of carbonyl (C=O) groups is 1. The fraction of sp³-hybridized carbons (Fsp3) is 0.364. The molecule has 88 valence electrons. The summed E-state index contributed by atoms with van der Waals surface area (Å²) in [4.78, 5) is 11.7. The van der Waals surface area contributed by atoms with Crippen molar-refractivity contribution in [2.75, 3.05) is 13.7 Å². The van der Waals surface area contributed by atoms with E-state index in [1.54, 1.807) is 32.2 Å². The van der Waals surface area contributed by atoms with Crippen LogP contribution >= 0.6 is 27.5 Å². The molecule has 1 atom stereocenters. The molecule has 0 amide bonds. The molecule has 5 heteroatoms. The van der Waals surface area contributed by atoms with E-state index in [4.69, 9.17) is 16.3 Å². The van der Waals surface area contributed by atoms with Crippen molar-refractivity contribution in [1.29, 1.82) is 0 Å². The number of esters is 1. The molecule has 0 aromatic heterocycles. The number of hydrogen-bond acceptors (Lipinski definition) is 3. The summed E-state index contributed by atoms with van der Waals surface area (Å²) >= 11 is 9.28. The third-order valence-electron chi connectivity index (χ3n) is 2.08. The second kappa shape index (κ2) is 6.23. The van der Waals surface area contributed by atoms with Crippen LogP contribution in [0.3, 0.4) is 0 Å². The van der Waals surface area contributed by atoms with E-state index in [0.29, 0.717) is 11.6 Å². The minimum absolute atomic E-state index is 0.312. The van der Waals surface area contributed by atoms with Gasteiger partial charge in [-0.25, -0.2) is 4.79 Å². The number of carbonyl (C=O) groups excluding carboxylic acids is 1. The van der Waals surface area contributed by atoms with E-state index < -0.39 is 6.04 Å². The highest BCUT2D eigenvalue weighted by Gasteiger charge is 2.22. The molecule has 0 aliphatic rings. The zero-order chi connectivity index (χ0) is 12.1. The molecule has 0 aliphatic carbocycles. The Morgan fingerprint density at radius 1 is 1.62 bits per heavy atom. The summed E-state index contributed by atoms with van der Waals surface area (Å²) in [5, 5.41) is 3.49. The SMILES string of the molecule is CCOC(=O)C(NC)c1cc(Cl)ccc1Br. The second-order valence-electron chi connectivity index (χ2n) is 3.14. The number of hydrogen-bond donors (Lipinski definition) is 1. The van der Waals surface area contributed by atoms with Crippen LogP contribution in [0.4, 0.5) is 0 Å². The summed E-state index contributed by atoms with van der Waals surface area (Å²) in [5.74, 6) is -0.312. The first kappa shape index (κ1) is 13.5. The van der Waals surface area contributed by atoms with Crippen molar-refractivity contribution in [2.45, 2.75) is 13.0 Å². The van der Waals surface area contributed by atoms with Crippen molar-refractivity contribution in [2.24, 2.45) is 0 Å². The van der Waals surface area contributed by atoms with Gasteiger partial charge in [0.15, 0.2) is 0 Å². The number of nitrogens with one attached hydrogen (secondary N) is 1. The van der Waals surface area contributed by atoms with Gasteiger partial charge in [-0.15, -0.1) is 0 Å². The van der Waals surface area contributed by atoms with Crippen molar-refractivity contribution in [3.63, 3.8) is 0 Å². The molecular formula is C11H13BrClNO2. The Balaban J connectivity index is 3.03. The molecule has 1 rings (SSSR count). The number of ether oxygens (including phenoxy) is 1. The molecular weight excluding hydrogens is 293 g/mol. The van der Waals surface area contributed by atoms with Crippen molar-refractivity contribution >= 4 is 33.5 Å². The number of rotatable bonds is 4. The molecule has 0 spiro atoms. The van der Waals surface area contributed by atoms with Gasteiger partial charge in [-0.3, -0.25) is 0 Å². The molecule has 1 N–H and O–H groups in total. The number of benzene rings is 1. The van der Waals surface area contributed by atoms with E-state index >= 15 is 0 Å². The lowest BCUT2D eigenvalue weighted by Crippen LogP contribution is -2.27. The Morgan fingerprint density at radius 2 is 2.31 bits per heavy atom. The van der Waals surface area contributed by atoms with Gasteiger partial charge in [-0.05, 0) is 37.7 Å². The maximum atomic E-state index is 11.7. The van der Waals surface area contributed by atoms with Crippen molar-refractivity contribution in [3.8, 4) is 0 Å².